The van der Waals surface area contributed by atoms with Gasteiger partial charge in [-0.15, -0.1) is 12.4 Å². The Labute approximate surface area is 155 Å². The summed E-state index contributed by atoms with van der Waals surface area (Å²) in [4.78, 5) is 14.4. The molecule has 0 saturated heterocycles. The zero-order chi connectivity index (χ0) is 17.4. The van der Waals surface area contributed by atoms with Gasteiger partial charge in [0.25, 0.3) is 0 Å². The van der Waals surface area contributed by atoms with E-state index < -0.39 is 0 Å². The molecule has 0 spiro atoms. The summed E-state index contributed by atoms with van der Waals surface area (Å²) in [5, 5.41) is 0. The molecule has 0 aliphatic carbocycles. The molecular weight excluding hydrogens is 339 g/mol. The third-order valence-electron chi connectivity index (χ3n) is 4.18. The molecule has 5 heteroatoms. The van der Waals surface area contributed by atoms with Crippen LogP contribution in [0.25, 0.3) is 0 Å². The number of nitrogens with two attached hydrogens (primary N) is 1. The molecular formula is C20H26ClFN2O. The van der Waals surface area contributed by atoms with Crippen molar-refractivity contribution < 1.29 is 9.18 Å². The zero-order valence-electron chi connectivity index (χ0n) is 14.5. The van der Waals surface area contributed by atoms with E-state index in [4.69, 9.17) is 5.73 Å². The Morgan fingerprint density at radius 1 is 1.08 bits per heavy atom. The Morgan fingerprint density at radius 3 is 2.36 bits per heavy atom. The van der Waals surface area contributed by atoms with E-state index in [1.807, 2.05) is 37.3 Å². The fourth-order valence-electron chi connectivity index (χ4n) is 2.80. The number of rotatable bonds is 8. The molecule has 25 heavy (non-hydrogen) atoms. The largest absolute Gasteiger partial charge is 0.341 e. The van der Waals surface area contributed by atoms with Crippen molar-refractivity contribution in [1.29, 1.82) is 0 Å². The first-order chi connectivity index (χ1) is 11.6. The first kappa shape index (κ1) is 21.1. The minimum atomic E-state index is -0.257. The molecule has 1 amide bonds. The predicted molar refractivity (Wildman–Crippen MR) is 102 cm³/mol. The Balaban J connectivity index is 0.00000312. The second-order valence-electron chi connectivity index (χ2n) is 6.03. The third-order valence-corrected chi connectivity index (χ3v) is 4.18. The van der Waals surface area contributed by atoms with Crippen molar-refractivity contribution in [3.8, 4) is 0 Å². The van der Waals surface area contributed by atoms with Crippen molar-refractivity contribution >= 4 is 18.3 Å². The van der Waals surface area contributed by atoms with E-state index in [1.54, 1.807) is 23.1 Å². The number of nitrogens with zero attached hydrogens (tertiary/aromatic N) is 1. The van der Waals surface area contributed by atoms with Crippen molar-refractivity contribution in [2.75, 3.05) is 19.6 Å². The topological polar surface area (TPSA) is 46.3 Å². The molecule has 0 fully saturated rings. The van der Waals surface area contributed by atoms with Crippen molar-refractivity contribution in [3.63, 3.8) is 0 Å². The van der Waals surface area contributed by atoms with E-state index in [1.165, 1.54) is 11.6 Å². The van der Waals surface area contributed by atoms with Crippen molar-refractivity contribution in [3.05, 3.63) is 71.5 Å². The van der Waals surface area contributed by atoms with Gasteiger partial charge in [-0.2, -0.15) is 0 Å². The van der Waals surface area contributed by atoms with Crippen LogP contribution in [0.5, 0.6) is 0 Å². The summed E-state index contributed by atoms with van der Waals surface area (Å²) in [5.41, 5.74) is 7.42. The van der Waals surface area contributed by atoms with Crippen LogP contribution in [0.4, 0.5) is 4.39 Å². The number of hydrogen-bond acceptors (Lipinski definition) is 2. The highest BCUT2D eigenvalue weighted by atomic mass is 35.5. The summed E-state index contributed by atoms with van der Waals surface area (Å²) < 4.78 is 13.9. The zero-order valence-corrected chi connectivity index (χ0v) is 15.3. The van der Waals surface area contributed by atoms with Crippen LogP contribution in [-0.2, 0) is 11.2 Å². The number of carbonyl (C=O) groups is 1. The van der Waals surface area contributed by atoms with Gasteiger partial charge in [0.2, 0.25) is 5.91 Å². The molecule has 2 N–H and O–H groups in total. The van der Waals surface area contributed by atoms with Crippen LogP contribution >= 0.6 is 12.4 Å². The number of amides is 1. The summed E-state index contributed by atoms with van der Waals surface area (Å²) in [6.07, 6.45) is 1.08. The fourth-order valence-corrected chi connectivity index (χ4v) is 2.80. The second kappa shape index (κ2) is 10.9. The summed E-state index contributed by atoms with van der Waals surface area (Å²) in [6, 6.07) is 16.7. The van der Waals surface area contributed by atoms with Crippen LogP contribution in [-0.4, -0.2) is 30.4 Å². The average molecular weight is 365 g/mol. The van der Waals surface area contributed by atoms with E-state index >= 15 is 0 Å². The first-order valence-corrected chi connectivity index (χ1v) is 8.38. The maximum atomic E-state index is 13.9. The lowest BCUT2D eigenvalue weighted by atomic mass is 9.96. The van der Waals surface area contributed by atoms with E-state index in [0.717, 1.165) is 6.42 Å². The Kier molecular flexibility index (Phi) is 9.17. The summed E-state index contributed by atoms with van der Waals surface area (Å²) in [5.74, 6) is -0.393. The maximum absolute atomic E-state index is 13.9. The van der Waals surface area contributed by atoms with Crippen LogP contribution in [0, 0.1) is 5.82 Å². The van der Waals surface area contributed by atoms with Crippen molar-refractivity contribution in [1.82, 2.24) is 4.90 Å². The van der Waals surface area contributed by atoms with Crippen molar-refractivity contribution in [2.24, 2.45) is 5.73 Å². The monoisotopic (exact) mass is 364 g/mol. The molecule has 2 aromatic carbocycles. The lowest BCUT2D eigenvalue weighted by Gasteiger charge is -2.24. The van der Waals surface area contributed by atoms with Gasteiger partial charge >= 0.3 is 0 Å². The summed E-state index contributed by atoms with van der Waals surface area (Å²) in [7, 11) is 0. The van der Waals surface area contributed by atoms with E-state index in [-0.39, 0.29) is 36.5 Å². The van der Waals surface area contributed by atoms with Crippen LogP contribution in [0.1, 0.15) is 30.4 Å². The Morgan fingerprint density at radius 2 is 1.72 bits per heavy atom. The average Bonchev–Trinajstić information content (AvgIpc) is 2.59. The normalized spacial score (nSPS) is 11.5. The lowest BCUT2D eigenvalue weighted by molar-refractivity contribution is -0.131. The van der Waals surface area contributed by atoms with Crippen LogP contribution in [0.3, 0.4) is 0 Å². The van der Waals surface area contributed by atoms with Crippen LogP contribution in [0.15, 0.2) is 54.6 Å². The molecule has 1 atom stereocenters. The standard InChI is InChI=1S/C20H25FN2O.ClH/c1-16(18-9-5-6-10-19(18)21)15-20(24)23(14-12-22)13-11-17-7-3-2-4-8-17;/h2-10,16H,11-15,22H2,1H3;1H. The minimum absolute atomic E-state index is 0. The third kappa shape index (κ3) is 6.48. The second-order valence-corrected chi connectivity index (χ2v) is 6.03. The van der Waals surface area contributed by atoms with E-state index in [9.17, 15) is 9.18 Å². The molecule has 1 unspecified atom stereocenters. The Hall–Kier alpha value is -1.91. The number of hydrogen-bond donors (Lipinski definition) is 1. The maximum Gasteiger partial charge on any atom is 0.223 e. The number of benzene rings is 2. The lowest BCUT2D eigenvalue weighted by Crippen LogP contribution is -2.37. The molecule has 0 aliphatic rings. The van der Waals surface area contributed by atoms with E-state index in [2.05, 4.69) is 0 Å². The Bertz CT molecular complexity index is 651. The number of carbonyl (C=O) groups excluding carboxylic acids is 1. The SMILES string of the molecule is CC(CC(=O)N(CCN)CCc1ccccc1)c1ccccc1F.Cl. The smallest absolute Gasteiger partial charge is 0.223 e. The molecule has 0 saturated carbocycles. The highest BCUT2D eigenvalue weighted by Crippen LogP contribution is 2.22. The molecule has 3 nitrogen and oxygen atoms in total. The van der Waals surface area contributed by atoms with Gasteiger partial charge in [0.05, 0.1) is 0 Å². The highest BCUT2D eigenvalue weighted by molar-refractivity contribution is 5.85. The predicted octanol–water partition coefficient (Wildman–Crippen LogP) is 3.77. The molecule has 0 heterocycles. The molecule has 2 aromatic rings. The van der Waals surface area contributed by atoms with Gasteiger partial charge in [-0.3, -0.25) is 4.79 Å². The molecule has 2 rings (SSSR count). The summed E-state index contributed by atoms with van der Waals surface area (Å²) in [6.45, 7) is 3.46. The van der Waals surface area contributed by atoms with Crippen molar-refractivity contribution in [2.45, 2.75) is 25.7 Å². The van der Waals surface area contributed by atoms with Gasteiger partial charge < -0.3 is 10.6 Å². The van der Waals surface area contributed by atoms with E-state index in [0.29, 0.717) is 25.2 Å². The number of halogens is 2. The first-order valence-electron chi connectivity index (χ1n) is 8.38. The quantitative estimate of drug-likeness (QED) is 0.775. The van der Waals surface area contributed by atoms with Gasteiger partial charge in [-0.05, 0) is 29.5 Å². The minimum Gasteiger partial charge on any atom is -0.341 e. The molecule has 136 valence electrons. The van der Waals surface area contributed by atoms with Gasteiger partial charge in [0.1, 0.15) is 5.82 Å². The fraction of sp³-hybridized carbons (Fsp3) is 0.350. The molecule has 0 radical (unpaired) electrons. The van der Waals surface area contributed by atoms with Gasteiger partial charge in [0, 0.05) is 26.1 Å². The van der Waals surface area contributed by atoms with Gasteiger partial charge in [-0.25, -0.2) is 4.39 Å². The van der Waals surface area contributed by atoms with Crippen LogP contribution in [0.2, 0.25) is 0 Å². The van der Waals surface area contributed by atoms with Gasteiger partial charge in [0.15, 0.2) is 0 Å². The van der Waals surface area contributed by atoms with Gasteiger partial charge in [-0.1, -0.05) is 55.5 Å². The molecule has 0 aromatic heterocycles. The molecule has 0 bridgehead atoms. The highest BCUT2D eigenvalue weighted by Gasteiger charge is 2.19. The van der Waals surface area contributed by atoms with Crippen LogP contribution < -0.4 is 5.73 Å². The summed E-state index contributed by atoms with van der Waals surface area (Å²) >= 11 is 0. The molecule has 0 aliphatic heterocycles.